The maximum absolute atomic E-state index is 13.7. The van der Waals surface area contributed by atoms with Crippen LogP contribution in [0.15, 0.2) is 71.6 Å². The van der Waals surface area contributed by atoms with E-state index >= 15 is 0 Å². The number of carboxylic acid groups (broad SMARTS) is 1. The van der Waals surface area contributed by atoms with E-state index in [1.165, 1.54) is 48.2 Å². The molecular formula is C23H18ClFN2O4S. The normalized spacial score (nSPS) is 11.5. The highest BCUT2D eigenvalue weighted by Crippen LogP contribution is 2.28. The minimum Gasteiger partial charge on any atom is -0.478 e. The minimum absolute atomic E-state index is 0.0121. The number of anilines is 2. The number of hydrogen-bond donors (Lipinski definition) is 3. The fourth-order valence-electron chi connectivity index (χ4n) is 2.71. The van der Waals surface area contributed by atoms with Crippen molar-refractivity contribution in [3.63, 3.8) is 0 Å². The second-order valence-electron chi connectivity index (χ2n) is 6.71. The van der Waals surface area contributed by atoms with Crippen molar-refractivity contribution in [3.05, 3.63) is 88.7 Å². The van der Waals surface area contributed by atoms with E-state index in [0.717, 1.165) is 4.90 Å². The van der Waals surface area contributed by atoms with Crippen LogP contribution in [0.2, 0.25) is 5.02 Å². The Morgan fingerprint density at radius 1 is 1.00 bits per heavy atom. The molecule has 0 fully saturated rings. The Morgan fingerprint density at radius 2 is 1.69 bits per heavy atom. The van der Waals surface area contributed by atoms with Gasteiger partial charge in [-0.25, -0.2) is 9.18 Å². The molecular weight excluding hydrogens is 455 g/mol. The van der Waals surface area contributed by atoms with Gasteiger partial charge in [0, 0.05) is 10.6 Å². The molecule has 1 unspecified atom stereocenters. The standard InChI is InChI=1S/C23H18ClFN2O4S/c1-13(21(28)27-20-12-14(23(30)31)6-11-18(20)24)32-16-9-7-15(8-10-16)26-22(29)17-4-2-3-5-19(17)25/h2-13H,1H3,(H,26,29)(H,27,28)(H,30,31). The Labute approximate surface area is 192 Å². The summed E-state index contributed by atoms with van der Waals surface area (Å²) >= 11 is 7.32. The van der Waals surface area contributed by atoms with Gasteiger partial charge in [-0.1, -0.05) is 23.7 Å². The van der Waals surface area contributed by atoms with Crippen LogP contribution < -0.4 is 10.6 Å². The summed E-state index contributed by atoms with van der Waals surface area (Å²) in [6.07, 6.45) is 0. The second kappa shape index (κ2) is 10.3. The monoisotopic (exact) mass is 472 g/mol. The number of rotatable bonds is 7. The van der Waals surface area contributed by atoms with Gasteiger partial charge in [0.1, 0.15) is 5.82 Å². The molecule has 0 spiro atoms. The molecule has 3 aromatic carbocycles. The van der Waals surface area contributed by atoms with Gasteiger partial charge in [-0.3, -0.25) is 9.59 Å². The third-order valence-corrected chi connectivity index (χ3v) is 5.83. The predicted molar refractivity (Wildman–Crippen MR) is 123 cm³/mol. The number of nitrogens with one attached hydrogen (secondary N) is 2. The lowest BCUT2D eigenvalue weighted by Gasteiger charge is -2.14. The van der Waals surface area contributed by atoms with E-state index in [4.69, 9.17) is 16.7 Å². The third kappa shape index (κ3) is 5.87. The molecule has 164 valence electrons. The van der Waals surface area contributed by atoms with E-state index in [2.05, 4.69) is 10.6 Å². The number of hydrogen-bond acceptors (Lipinski definition) is 4. The molecule has 6 nitrogen and oxygen atoms in total. The van der Waals surface area contributed by atoms with E-state index in [9.17, 15) is 18.8 Å². The number of carboxylic acids is 1. The molecule has 9 heteroatoms. The van der Waals surface area contributed by atoms with Crippen molar-refractivity contribution >= 4 is 52.5 Å². The van der Waals surface area contributed by atoms with Crippen molar-refractivity contribution in [1.29, 1.82) is 0 Å². The van der Waals surface area contributed by atoms with E-state index < -0.39 is 22.9 Å². The minimum atomic E-state index is -1.12. The number of halogens is 2. The number of carbonyl (C=O) groups is 3. The average Bonchev–Trinajstić information content (AvgIpc) is 2.76. The molecule has 0 saturated carbocycles. The van der Waals surface area contributed by atoms with Gasteiger partial charge in [0.2, 0.25) is 5.91 Å². The van der Waals surface area contributed by atoms with Crippen molar-refractivity contribution in [2.45, 2.75) is 17.1 Å². The summed E-state index contributed by atoms with van der Waals surface area (Å²) in [5.41, 5.74) is 0.659. The highest BCUT2D eigenvalue weighted by atomic mass is 35.5. The Balaban J connectivity index is 1.61. The highest BCUT2D eigenvalue weighted by Gasteiger charge is 2.17. The first-order chi connectivity index (χ1) is 15.2. The zero-order chi connectivity index (χ0) is 23.3. The number of amides is 2. The maximum atomic E-state index is 13.7. The lowest BCUT2D eigenvalue weighted by molar-refractivity contribution is -0.115. The average molecular weight is 473 g/mol. The molecule has 0 aliphatic heterocycles. The van der Waals surface area contributed by atoms with Gasteiger partial charge in [-0.2, -0.15) is 0 Å². The van der Waals surface area contributed by atoms with Crippen LogP contribution in [0.1, 0.15) is 27.6 Å². The van der Waals surface area contributed by atoms with Crippen molar-refractivity contribution in [3.8, 4) is 0 Å². The van der Waals surface area contributed by atoms with E-state index in [1.807, 2.05) is 0 Å². The smallest absolute Gasteiger partial charge is 0.335 e. The summed E-state index contributed by atoms with van der Waals surface area (Å²) < 4.78 is 13.7. The molecule has 0 aliphatic carbocycles. The Bertz CT molecular complexity index is 1170. The van der Waals surface area contributed by atoms with E-state index in [0.29, 0.717) is 5.69 Å². The fraction of sp³-hybridized carbons (Fsp3) is 0.0870. The first-order valence-corrected chi connectivity index (χ1v) is 10.7. The summed E-state index contributed by atoms with van der Waals surface area (Å²) in [5, 5.41) is 14.1. The quantitative estimate of drug-likeness (QED) is 0.392. The van der Waals surface area contributed by atoms with E-state index in [1.54, 1.807) is 37.3 Å². The van der Waals surface area contributed by atoms with Crippen molar-refractivity contribution in [2.24, 2.45) is 0 Å². The number of aromatic carboxylic acids is 1. The third-order valence-electron chi connectivity index (χ3n) is 4.38. The van der Waals surface area contributed by atoms with Gasteiger partial charge in [0.15, 0.2) is 0 Å². The largest absolute Gasteiger partial charge is 0.478 e. The van der Waals surface area contributed by atoms with Crippen LogP contribution in [0.4, 0.5) is 15.8 Å². The number of carbonyl (C=O) groups excluding carboxylic acids is 2. The molecule has 0 bridgehead atoms. The molecule has 3 N–H and O–H groups in total. The van der Waals surface area contributed by atoms with Crippen molar-refractivity contribution < 1.29 is 23.9 Å². The molecule has 0 saturated heterocycles. The van der Waals surface area contributed by atoms with Gasteiger partial charge in [-0.05, 0) is 61.5 Å². The molecule has 3 aromatic rings. The summed E-state index contributed by atoms with van der Waals surface area (Å²) in [4.78, 5) is 36.6. The Morgan fingerprint density at radius 3 is 2.34 bits per heavy atom. The second-order valence-corrected chi connectivity index (χ2v) is 8.53. The summed E-state index contributed by atoms with van der Waals surface area (Å²) in [6, 6.07) is 16.5. The zero-order valence-electron chi connectivity index (χ0n) is 16.8. The van der Waals surface area contributed by atoms with Gasteiger partial charge in [0.05, 0.1) is 27.1 Å². The number of benzene rings is 3. The van der Waals surface area contributed by atoms with Crippen LogP contribution in [-0.4, -0.2) is 28.1 Å². The molecule has 0 radical (unpaired) electrons. The first kappa shape index (κ1) is 23.3. The van der Waals surface area contributed by atoms with Crippen LogP contribution in [-0.2, 0) is 4.79 Å². The van der Waals surface area contributed by atoms with Crippen LogP contribution in [0.5, 0.6) is 0 Å². The summed E-state index contributed by atoms with van der Waals surface area (Å²) in [7, 11) is 0. The SMILES string of the molecule is CC(Sc1ccc(NC(=O)c2ccccc2F)cc1)C(=O)Nc1cc(C(=O)O)ccc1Cl. The molecule has 32 heavy (non-hydrogen) atoms. The van der Waals surface area contributed by atoms with Crippen LogP contribution in [0.25, 0.3) is 0 Å². The molecule has 1 atom stereocenters. The lowest BCUT2D eigenvalue weighted by atomic mass is 10.2. The molecule has 0 aliphatic rings. The Kier molecular flexibility index (Phi) is 7.50. The van der Waals surface area contributed by atoms with Gasteiger partial charge < -0.3 is 15.7 Å². The van der Waals surface area contributed by atoms with Gasteiger partial charge in [0.25, 0.3) is 5.91 Å². The van der Waals surface area contributed by atoms with Gasteiger partial charge in [-0.15, -0.1) is 11.8 Å². The maximum Gasteiger partial charge on any atom is 0.335 e. The van der Waals surface area contributed by atoms with Crippen molar-refractivity contribution in [2.75, 3.05) is 10.6 Å². The van der Waals surface area contributed by atoms with Crippen LogP contribution in [0.3, 0.4) is 0 Å². The highest BCUT2D eigenvalue weighted by molar-refractivity contribution is 8.00. The molecule has 2 amide bonds. The van der Waals surface area contributed by atoms with Crippen LogP contribution in [0, 0.1) is 5.82 Å². The number of thioether (sulfide) groups is 1. The van der Waals surface area contributed by atoms with Crippen molar-refractivity contribution in [1.82, 2.24) is 0 Å². The molecule has 3 rings (SSSR count). The van der Waals surface area contributed by atoms with Crippen LogP contribution >= 0.6 is 23.4 Å². The fourth-order valence-corrected chi connectivity index (χ4v) is 3.74. The lowest BCUT2D eigenvalue weighted by Crippen LogP contribution is -2.22. The van der Waals surface area contributed by atoms with Gasteiger partial charge >= 0.3 is 5.97 Å². The summed E-state index contributed by atoms with van der Waals surface area (Å²) in [5.74, 6) is -2.64. The summed E-state index contributed by atoms with van der Waals surface area (Å²) in [6.45, 7) is 1.70. The first-order valence-electron chi connectivity index (χ1n) is 9.41. The molecule has 0 aromatic heterocycles. The molecule has 0 heterocycles. The zero-order valence-corrected chi connectivity index (χ0v) is 18.3. The predicted octanol–water partition coefficient (Wildman–Crippen LogP) is 5.55. The topological polar surface area (TPSA) is 95.5 Å². The Hall–Kier alpha value is -3.36. The van der Waals surface area contributed by atoms with E-state index in [-0.39, 0.29) is 27.7 Å².